The van der Waals surface area contributed by atoms with E-state index >= 15 is 0 Å². The first-order valence-electron chi connectivity index (χ1n) is 8.65. The first-order chi connectivity index (χ1) is 12.3. The maximum absolute atomic E-state index is 2.31. The summed E-state index contributed by atoms with van der Waals surface area (Å²) in [6.45, 7) is 4.60. The molecule has 0 bridgehead atoms. The van der Waals surface area contributed by atoms with Gasteiger partial charge in [-0.25, -0.2) is 0 Å². The van der Waals surface area contributed by atoms with Crippen molar-refractivity contribution in [2.45, 2.75) is 13.8 Å². The van der Waals surface area contributed by atoms with E-state index in [2.05, 4.69) is 105 Å². The maximum atomic E-state index is 2.31. The highest BCUT2D eigenvalue weighted by Gasteiger charge is 2.21. The van der Waals surface area contributed by atoms with Crippen LogP contribution in [-0.4, -0.2) is 0 Å². The molecule has 0 saturated carbocycles. The van der Waals surface area contributed by atoms with Gasteiger partial charge in [0.05, 0.1) is 0 Å². The highest BCUT2D eigenvalue weighted by Crippen LogP contribution is 2.59. The average molecular weight is 340 g/mol. The minimum atomic E-state index is -0.484. The number of rotatable bonds is 3. The summed E-state index contributed by atoms with van der Waals surface area (Å²) in [7, 11) is -0.484. The van der Waals surface area contributed by atoms with Crippen molar-refractivity contribution in [2.75, 3.05) is 0 Å². The Morgan fingerprint density at radius 3 is 1.60 bits per heavy atom. The van der Waals surface area contributed by atoms with Gasteiger partial charge >= 0.3 is 0 Å². The van der Waals surface area contributed by atoms with Crippen LogP contribution < -0.4 is 0 Å². The highest BCUT2D eigenvalue weighted by atomic mass is 31.1. The van der Waals surface area contributed by atoms with E-state index in [0.29, 0.717) is 0 Å². The number of hydrogen-bond acceptors (Lipinski definition) is 0. The molecule has 0 fully saturated rings. The quantitative estimate of drug-likeness (QED) is 0.360. The zero-order chi connectivity index (χ0) is 17.2. The summed E-state index contributed by atoms with van der Waals surface area (Å²) in [5, 5.41) is 4.43. The fraction of sp³-hybridized carbons (Fsp3) is 0.0833. The van der Waals surface area contributed by atoms with Gasteiger partial charge in [0.15, 0.2) is 0 Å². The summed E-state index contributed by atoms with van der Waals surface area (Å²) >= 11 is 0. The van der Waals surface area contributed by atoms with Crippen molar-refractivity contribution >= 4 is 7.53 Å². The lowest BCUT2D eigenvalue weighted by Gasteiger charge is -2.11. The van der Waals surface area contributed by atoms with E-state index in [1.54, 1.807) is 0 Å². The first kappa shape index (κ1) is 15.9. The van der Waals surface area contributed by atoms with Gasteiger partial charge in [-0.3, -0.25) is 0 Å². The normalized spacial score (nSPS) is 11.5. The molecular formula is C24H21P. The molecule has 4 aromatic rings. The third-order valence-corrected chi connectivity index (χ3v) is 7.59. The third kappa shape index (κ3) is 2.84. The summed E-state index contributed by atoms with van der Waals surface area (Å²) in [6, 6.07) is 32.7. The Labute approximate surface area is 150 Å². The molecule has 0 saturated heterocycles. The molecule has 0 aliphatic carbocycles. The third-order valence-electron chi connectivity index (χ3n) is 4.84. The van der Waals surface area contributed by atoms with Crippen molar-refractivity contribution in [3.05, 3.63) is 102 Å². The van der Waals surface area contributed by atoms with Gasteiger partial charge in [-0.05, 0) is 46.7 Å². The van der Waals surface area contributed by atoms with E-state index in [0.717, 1.165) is 0 Å². The van der Waals surface area contributed by atoms with Gasteiger partial charge in [0.25, 0.3) is 0 Å². The van der Waals surface area contributed by atoms with Crippen molar-refractivity contribution in [1.29, 1.82) is 0 Å². The van der Waals surface area contributed by atoms with Crippen LogP contribution in [0.25, 0.3) is 27.3 Å². The Kier molecular flexibility index (Phi) is 4.30. The van der Waals surface area contributed by atoms with Gasteiger partial charge in [-0.1, -0.05) is 98.5 Å². The van der Waals surface area contributed by atoms with Crippen LogP contribution in [0.5, 0.6) is 0 Å². The summed E-state index contributed by atoms with van der Waals surface area (Å²) in [6.07, 6.45) is 0. The molecule has 1 atom stereocenters. The molecule has 0 nitrogen and oxygen atoms in total. The minimum Gasteiger partial charge on any atom is -0.0814 e. The number of benzene rings is 3. The van der Waals surface area contributed by atoms with E-state index in [1.165, 1.54) is 38.1 Å². The van der Waals surface area contributed by atoms with Crippen molar-refractivity contribution in [3.63, 3.8) is 0 Å². The molecule has 1 heterocycles. The molecular weight excluding hydrogens is 319 g/mol. The Bertz CT molecular complexity index is 918. The molecule has 1 unspecified atom stereocenters. The van der Waals surface area contributed by atoms with E-state index < -0.39 is 7.53 Å². The van der Waals surface area contributed by atoms with E-state index in [1.807, 2.05) is 0 Å². The molecule has 0 radical (unpaired) electrons. The standard InChI is InChI=1S/C24H21P/c1-18-19(2)25(22-16-10-5-11-17-22)24(21-14-8-4-9-15-21)23(18)20-12-6-3-7-13-20/h3-17H,1-2H3. The van der Waals surface area contributed by atoms with Gasteiger partial charge in [-0.2, -0.15) is 0 Å². The predicted molar refractivity (Wildman–Crippen MR) is 111 cm³/mol. The molecule has 3 aromatic carbocycles. The topological polar surface area (TPSA) is 0 Å². The van der Waals surface area contributed by atoms with Gasteiger partial charge in [0.2, 0.25) is 0 Å². The van der Waals surface area contributed by atoms with Crippen LogP contribution in [-0.2, 0) is 0 Å². The smallest absolute Gasteiger partial charge is 0.0140 e. The largest absolute Gasteiger partial charge is 0.0814 e. The second-order valence-corrected chi connectivity index (χ2v) is 8.64. The molecule has 4 rings (SSSR count). The van der Waals surface area contributed by atoms with Gasteiger partial charge in [-0.15, -0.1) is 0 Å². The molecule has 1 aromatic heterocycles. The van der Waals surface area contributed by atoms with E-state index in [-0.39, 0.29) is 0 Å². The molecule has 122 valence electrons. The first-order valence-corrected chi connectivity index (χ1v) is 9.99. The second kappa shape index (κ2) is 6.75. The zero-order valence-corrected chi connectivity index (χ0v) is 15.5. The molecule has 0 N–H and O–H groups in total. The molecule has 25 heavy (non-hydrogen) atoms. The zero-order valence-electron chi connectivity index (χ0n) is 14.6. The fourth-order valence-corrected chi connectivity index (χ4v) is 6.36. The van der Waals surface area contributed by atoms with Crippen LogP contribution in [0.4, 0.5) is 0 Å². The number of hydrogen-bond donors (Lipinski definition) is 0. The Morgan fingerprint density at radius 2 is 1.04 bits per heavy atom. The van der Waals surface area contributed by atoms with E-state index in [9.17, 15) is 0 Å². The van der Waals surface area contributed by atoms with Gasteiger partial charge in [0.1, 0.15) is 0 Å². The maximum Gasteiger partial charge on any atom is 0.0140 e. The Morgan fingerprint density at radius 1 is 0.560 bits per heavy atom. The highest BCUT2D eigenvalue weighted by molar-refractivity contribution is 7.61. The summed E-state index contributed by atoms with van der Waals surface area (Å²) in [4.78, 5) is 0. The van der Waals surface area contributed by atoms with Crippen LogP contribution in [0, 0.1) is 13.8 Å². The van der Waals surface area contributed by atoms with Gasteiger partial charge in [0, 0.05) is 5.30 Å². The SMILES string of the molecule is Cc1c(-c2ccccc2)c(-c2ccccc2)p(-c2ccccc2)c1C. The van der Waals surface area contributed by atoms with Gasteiger partial charge < -0.3 is 0 Å². The summed E-state index contributed by atoms with van der Waals surface area (Å²) < 4.78 is 0. The van der Waals surface area contributed by atoms with Crippen molar-refractivity contribution in [1.82, 2.24) is 0 Å². The van der Waals surface area contributed by atoms with Crippen LogP contribution in [0.2, 0.25) is 0 Å². The Hall–Kier alpha value is -2.56. The van der Waals surface area contributed by atoms with Crippen molar-refractivity contribution in [3.8, 4) is 27.3 Å². The Balaban J connectivity index is 2.09. The minimum absolute atomic E-state index is 0.484. The monoisotopic (exact) mass is 340 g/mol. The fourth-order valence-electron chi connectivity index (χ4n) is 3.53. The molecule has 0 aliphatic rings. The average Bonchev–Trinajstić information content (AvgIpc) is 2.95. The van der Waals surface area contributed by atoms with Crippen LogP contribution in [0.1, 0.15) is 10.9 Å². The summed E-state index contributed by atoms with van der Waals surface area (Å²) in [5.41, 5.74) is 5.51. The van der Waals surface area contributed by atoms with Crippen LogP contribution >= 0.6 is 7.53 Å². The van der Waals surface area contributed by atoms with Crippen molar-refractivity contribution in [2.24, 2.45) is 0 Å². The predicted octanol–water partition coefficient (Wildman–Crippen LogP) is 7.61. The van der Waals surface area contributed by atoms with Crippen LogP contribution in [0.15, 0.2) is 91.0 Å². The molecule has 0 amide bonds. The summed E-state index contributed by atoms with van der Waals surface area (Å²) in [5.74, 6) is 0. The van der Waals surface area contributed by atoms with Crippen LogP contribution in [0.3, 0.4) is 0 Å². The van der Waals surface area contributed by atoms with Crippen molar-refractivity contribution < 1.29 is 0 Å². The molecule has 1 heteroatoms. The molecule has 0 aliphatic heterocycles. The molecule has 0 spiro atoms. The lowest BCUT2D eigenvalue weighted by Crippen LogP contribution is -1.82. The lowest BCUT2D eigenvalue weighted by molar-refractivity contribution is 1.43. The van der Waals surface area contributed by atoms with E-state index in [4.69, 9.17) is 0 Å². The second-order valence-electron chi connectivity index (χ2n) is 6.34. The lowest BCUT2D eigenvalue weighted by atomic mass is 9.98.